The standard InChI is InChI=1S/C18H16IP3/c19-15-9-13(4-6-16(15)20)11-2-1-3-12(8-11)14-5-7-17(21)18(22)10-14/h1-10H,20-22H2. The molecule has 0 fully saturated rings. The highest BCUT2D eigenvalue weighted by molar-refractivity contribution is 14.1. The Kier molecular flexibility index (Phi) is 5.31. The average Bonchev–Trinajstić information content (AvgIpc) is 2.53. The summed E-state index contributed by atoms with van der Waals surface area (Å²) in [5.41, 5.74) is 5.00. The summed E-state index contributed by atoms with van der Waals surface area (Å²) in [4.78, 5) is 0. The number of hydrogen-bond donors (Lipinski definition) is 0. The molecule has 0 N–H and O–H groups in total. The van der Waals surface area contributed by atoms with Crippen LogP contribution in [0.3, 0.4) is 0 Å². The van der Waals surface area contributed by atoms with E-state index in [0.717, 1.165) is 0 Å². The van der Waals surface area contributed by atoms with Crippen molar-refractivity contribution in [2.45, 2.75) is 0 Å². The summed E-state index contributed by atoms with van der Waals surface area (Å²) in [7, 11) is 8.33. The quantitative estimate of drug-likeness (QED) is 0.406. The van der Waals surface area contributed by atoms with E-state index in [4.69, 9.17) is 0 Å². The molecule has 0 bridgehead atoms. The zero-order valence-electron chi connectivity index (χ0n) is 11.9. The van der Waals surface area contributed by atoms with Crippen LogP contribution in [0.5, 0.6) is 0 Å². The normalized spacial score (nSPS) is 10.7. The predicted octanol–water partition coefficient (Wildman–Crippen LogP) is 4.13. The summed E-state index contributed by atoms with van der Waals surface area (Å²) < 4.78 is 1.27. The minimum Gasteiger partial charge on any atom is -0.105 e. The fourth-order valence-corrected chi connectivity index (χ4v) is 3.49. The highest BCUT2D eigenvalue weighted by Crippen LogP contribution is 2.27. The van der Waals surface area contributed by atoms with E-state index in [1.54, 1.807) is 0 Å². The molecule has 0 aliphatic carbocycles. The summed E-state index contributed by atoms with van der Waals surface area (Å²) in [5, 5.41) is 3.68. The smallest absolute Gasteiger partial charge is 0.0208 e. The third-order valence-corrected chi connectivity index (χ3v) is 7.00. The van der Waals surface area contributed by atoms with E-state index in [-0.39, 0.29) is 0 Å². The molecular weight excluding hydrogens is 436 g/mol. The molecule has 0 spiro atoms. The Morgan fingerprint density at radius 3 is 1.68 bits per heavy atom. The molecule has 110 valence electrons. The van der Waals surface area contributed by atoms with Crippen molar-refractivity contribution >= 4 is 66.2 Å². The number of rotatable bonds is 2. The molecule has 3 unspecified atom stereocenters. The second-order valence-corrected chi connectivity index (χ2v) is 8.19. The van der Waals surface area contributed by atoms with Crippen LogP contribution in [0.1, 0.15) is 0 Å². The molecular formula is C18H16IP3. The van der Waals surface area contributed by atoms with E-state index in [1.165, 1.54) is 41.7 Å². The van der Waals surface area contributed by atoms with E-state index in [2.05, 4.69) is 111 Å². The van der Waals surface area contributed by atoms with Gasteiger partial charge in [-0.25, -0.2) is 0 Å². The lowest BCUT2D eigenvalue weighted by Gasteiger charge is -2.09. The molecule has 22 heavy (non-hydrogen) atoms. The van der Waals surface area contributed by atoms with Crippen molar-refractivity contribution in [2.75, 3.05) is 0 Å². The maximum absolute atomic E-state index is 2.79. The molecule has 3 atom stereocenters. The van der Waals surface area contributed by atoms with E-state index in [1.807, 2.05) is 0 Å². The molecule has 3 rings (SSSR count). The molecule has 4 heteroatoms. The van der Waals surface area contributed by atoms with Crippen molar-refractivity contribution in [1.82, 2.24) is 0 Å². The van der Waals surface area contributed by atoms with Crippen LogP contribution < -0.4 is 15.9 Å². The maximum Gasteiger partial charge on any atom is 0.0208 e. The number of benzene rings is 3. The van der Waals surface area contributed by atoms with Gasteiger partial charge in [-0.2, -0.15) is 0 Å². The minimum atomic E-state index is 1.22. The Hall–Kier alpha value is -0.320. The highest BCUT2D eigenvalue weighted by Gasteiger charge is 2.04. The summed E-state index contributed by atoms with van der Waals surface area (Å²) >= 11 is 2.38. The first-order chi connectivity index (χ1) is 10.5. The molecule has 0 saturated heterocycles. The molecule has 0 heterocycles. The third-order valence-electron chi connectivity index (χ3n) is 3.62. The lowest BCUT2D eigenvalue weighted by atomic mass is 9.99. The van der Waals surface area contributed by atoms with E-state index in [0.29, 0.717) is 0 Å². The van der Waals surface area contributed by atoms with Crippen LogP contribution in [0.15, 0.2) is 60.7 Å². The van der Waals surface area contributed by atoms with Crippen LogP contribution in [0, 0.1) is 3.57 Å². The molecule has 0 aliphatic heterocycles. The van der Waals surface area contributed by atoms with E-state index >= 15 is 0 Å². The fourth-order valence-electron chi connectivity index (χ4n) is 2.34. The van der Waals surface area contributed by atoms with Crippen LogP contribution in [0.2, 0.25) is 0 Å². The van der Waals surface area contributed by atoms with Crippen molar-refractivity contribution in [3.63, 3.8) is 0 Å². The van der Waals surface area contributed by atoms with Crippen LogP contribution in [0.25, 0.3) is 22.3 Å². The summed E-state index contributed by atoms with van der Waals surface area (Å²) in [6, 6.07) is 21.8. The monoisotopic (exact) mass is 452 g/mol. The van der Waals surface area contributed by atoms with Gasteiger partial charge in [-0.3, -0.25) is 0 Å². The van der Waals surface area contributed by atoms with Crippen molar-refractivity contribution in [3.05, 3.63) is 64.2 Å². The molecule has 0 nitrogen and oxygen atoms in total. The Morgan fingerprint density at radius 1 is 0.545 bits per heavy atom. The van der Waals surface area contributed by atoms with Gasteiger partial charge in [0.25, 0.3) is 0 Å². The second kappa shape index (κ2) is 7.06. The number of halogens is 1. The lowest BCUT2D eigenvalue weighted by molar-refractivity contribution is 1.60. The highest BCUT2D eigenvalue weighted by atomic mass is 127. The Bertz CT molecular complexity index is 777. The minimum absolute atomic E-state index is 1.22. The van der Waals surface area contributed by atoms with Crippen LogP contribution in [-0.2, 0) is 0 Å². The van der Waals surface area contributed by atoms with Gasteiger partial charge in [-0.15, -0.1) is 27.7 Å². The Balaban J connectivity index is 2.05. The zero-order valence-corrected chi connectivity index (χ0v) is 17.5. The first-order valence-electron chi connectivity index (χ1n) is 6.85. The van der Waals surface area contributed by atoms with Crippen molar-refractivity contribution < 1.29 is 0 Å². The molecule has 0 radical (unpaired) electrons. The van der Waals surface area contributed by atoms with Crippen molar-refractivity contribution in [1.29, 1.82) is 0 Å². The molecule has 3 aromatic rings. The van der Waals surface area contributed by atoms with Gasteiger partial charge in [0, 0.05) is 3.57 Å². The second-order valence-electron chi connectivity index (χ2n) is 5.16. The van der Waals surface area contributed by atoms with Gasteiger partial charge in [0.05, 0.1) is 0 Å². The largest absolute Gasteiger partial charge is 0.105 e. The van der Waals surface area contributed by atoms with E-state index in [9.17, 15) is 0 Å². The van der Waals surface area contributed by atoms with Gasteiger partial charge in [-0.1, -0.05) is 42.5 Å². The van der Waals surface area contributed by atoms with Gasteiger partial charge in [0.2, 0.25) is 0 Å². The summed E-state index contributed by atoms with van der Waals surface area (Å²) in [6.45, 7) is 0. The van der Waals surface area contributed by atoms with Crippen LogP contribution in [-0.4, -0.2) is 0 Å². The predicted molar refractivity (Wildman–Crippen MR) is 118 cm³/mol. The molecule has 0 aromatic heterocycles. The molecule has 0 amide bonds. The summed E-state index contributed by atoms with van der Waals surface area (Å²) in [6.07, 6.45) is 0. The van der Waals surface area contributed by atoms with Gasteiger partial charge < -0.3 is 0 Å². The Labute approximate surface area is 152 Å². The van der Waals surface area contributed by atoms with Crippen LogP contribution >= 0.6 is 50.3 Å². The lowest BCUT2D eigenvalue weighted by Crippen LogP contribution is -2.10. The van der Waals surface area contributed by atoms with Gasteiger partial charge in [-0.05, 0) is 79.0 Å². The van der Waals surface area contributed by atoms with Crippen LogP contribution in [0.4, 0.5) is 0 Å². The van der Waals surface area contributed by atoms with Gasteiger partial charge in [0.1, 0.15) is 0 Å². The summed E-state index contributed by atoms with van der Waals surface area (Å²) in [5.74, 6) is 0. The third kappa shape index (κ3) is 3.60. The first-order valence-corrected chi connectivity index (χ1v) is 9.66. The Morgan fingerprint density at radius 2 is 1.09 bits per heavy atom. The van der Waals surface area contributed by atoms with Gasteiger partial charge >= 0.3 is 0 Å². The number of hydrogen-bond acceptors (Lipinski definition) is 0. The van der Waals surface area contributed by atoms with Gasteiger partial charge in [0.15, 0.2) is 0 Å². The zero-order chi connectivity index (χ0) is 15.7. The van der Waals surface area contributed by atoms with Crippen molar-refractivity contribution in [3.8, 4) is 22.3 Å². The molecule has 0 aliphatic rings. The first kappa shape index (κ1) is 16.5. The SMILES string of the molecule is Pc1ccc(-c2cccc(-c3ccc(P)c(I)c3)c2)cc1P. The average molecular weight is 452 g/mol. The van der Waals surface area contributed by atoms with E-state index < -0.39 is 0 Å². The van der Waals surface area contributed by atoms with Crippen molar-refractivity contribution in [2.24, 2.45) is 0 Å². The molecule has 0 saturated carbocycles. The topological polar surface area (TPSA) is 0 Å². The molecule has 3 aromatic carbocycles. The maximum atomic E-state index is 2.79. The fraction of sp³-hybridized carbons (Fsp3) is 0.